The Balaban J connectivity index is 1.39. The van der Waals surface area contributed by atoms with Gasteiger partial charge in [-0.15, -0.1) is 0 Å². The number of sulfonamides is 1. The molecule has 36 heavy (non-hydrogen) atoms. The van der Waals surface area contributed by atoms with Gasteiger partial charge in [0.2, 0.25) is 15.9 Å². The highest BCUT2D eigenvalue weighted by Gasteiger charge is 2.59. The molecule has 208 valence electrons. The fourth-order valence-electron chi connectivity index (χ4n) is 7.15. The summed E-state index contributed by atoms with van der Waals surface area (Å²) in [6.07, 6.45) is 3.70. The number of rotatable bonds is 7. The second kappa shape index (κ2) is 11.5. The lowest BCUT2D eigenvalue weighted by molar-refractivity contribution is -0.172. The molecule has 0 aromatic heterocycles. The monoisotopic (exact) mass is 536 g/mol. The number of hydrogen-bond acceptors (Lipinski definition) is 5. The Kier molecular flexibility index (Phi) is 8.94. The van der Waals surface area contributed by atoms with Crippen molar-refractivity contribution < 1.29 is 26.4 Å². The van der Waals surface area contributed by atoms with Crippen molar-refractivity contribution in [2.45, 2.75) is 89.9 Å². The Morgan fingerprint density at radius 1 is 0.944 bits per heavy atom. The van der Waals surface area contributed by atoms with Crippen LogP contribution < -0.4 is 5.43 Å². The van der Waals surface area contributed by atoms with Crippen molar-refractivity contribution in [1.29, 1.82) is 0 Å². The summed E-state index contributed by atoms with van der Waals surface area (Å²) in [4.78, 5) is 14.7. The van der Waals surface area contributed by atoms with Gasteiger partial charge in [0.05, 0.1) is 11.7 Å². The van der Waals surface area contributed by atoms with Crippen LogP contribution in [0, 0.1) is 23.7 Å². The topological polar surface area (TPSA) is 73.0 Å². The Bertz CT molecular complexity index is 853. The molecule has 4 unspecified atom stereocenters. The molecule has 0 bridgehead atoms. The standard InChI is InChI=1S/C25H43F3N4O3S/c1-3-30(4-2)24(33)22-21-16-20(12-15-32(21)29-23(22)25(26,27)28)19-10-13-31(14-11-19)36(34,35)17-18-8-6-5-7-9-18/h18-23,29H,3-17H2,1-2H3. The van der Waals surface area contributed by atoms with Gasteiger partial charge in [0.25, 0.3) is 0 Å². The summed E-state index contributed by atoms with van der Waals surface area (Å²) < 4.78 is 69.5. The summed E-state index contributed by atoms with van der Waals surface area (Å²) in [5.41, 5.74) is 2.63. The van der Waals surface area contributed by atoms with Crippen LogP contribution in [0.25, 0.3) is 0 Å². The second-order valence-electron chi connectivity index (χ2n) is 11.2. The number of nitrogens with zero attached hydrogens (tertiary/aromatic N) is 3. The number of piperidine rings is 2. The zero-order valence-corrected chi connectivity index (χ0v) is 22.5. The third kappa shape index (κ3) is 6.04. The number of nitrogens with one attached hydrogen (secondary N) is 1. The van der Waals surface area contributed by atoms with Gasteiger partial charge in [-0.25, -0.2) is 23.2 Å². The summed E-state index contributed by atoms with van der Waals surface area (Å²) in [5, 5.41) is 1.66. The van der Waals surface area contributed by atoms with Crippen LogP contribution in [0.1, 0.15) is 71.6 Å². The maximum absolute atomic E-state index is 13.9. The largest absolute Gasteiger partial charge is 0.406 e. The summed E-state index contributed by atoms with van der Waals surface area (Å²) in [6.45, 7) is 5.84. The molecule has 0 radical (unpaired) electrons. The molecule has 1 saturated carbocycles. The number of carbonyl (C=O) groups is 1. The van der Waals surface area contributed by atoms with Crippen molar-refractivity contribution in [3.63, 3.8) is 0 Å². The minimum atomic E-state index is -4.50. The maximum atomic E-state index is 13.9. The van der Waals surface area contributed by atoms with Gasteiger partial charge >= 0.3 is 6.18 Å². The molecule has 4 rings (SSSR count). The van der Waals surface area contributed by atoms with Gasteiger partial charge in [-0.05, 0) is 70.1 Å². The first-order chi connectivity index (χ1) is 17.0. The third-order valence-electron chi connectivity index (χ3n) is 9.21. The molecule has 4 aliphatic rings. The van der Waals surface area contributed by atoms with Crippen molar-refractivity contribution in [2.24, 2.45) is 23.7 Å². The number of hydrogen-bond donors (Lipinski definition) is 1. The fourth-order valence-corrected chi connectivity index (χ4v) is 9.06. The van der Waals surface area contributed by atoms with Gasteiger partial charge in [0.15, 0.2) is 0 Å². The molecule has 4 atom stereocenters. The average molecular weight is 537 g/mol. The van der Waals surface area contributed by atoms with Crippen LogP contribution >= 0.6 is 0 Å². The second-order valence-corrected chi connectivity index (χ2v) is 13.3. The predicted molar refractivity (Wildman–Crippen MR) is 132 cm³/mol. The van der Waals surface area contributed by atoms with E-state index < -0.39 is 40.1 Å². The molecule has 3 saturated heterocycles. The number of fused-ring (bicyclic) bond motifs is 1. The lowest BCUT2D eigenvalue weighted by atomic mass is 9.74. The zero-order chi connectivity index (χ0) is 26.1. The summed E-state index contributed by atoms with van der Waals surface area (Å²) in [6, 6.07) is -2.35. The number of carbonyl (C=O) groups excluding carboxylic acids is 1. The van der Waals surface area contributed by atoms with Crippen LogP contribution in [0.2, 0.25) is 0 Å². The molecule has 3 aliphatic heterocycles. The van der Waals surface area contributed by atoms with E-state index in [4.69, 9.17) is 0 Å². The number of amides is 1. The highest BCUT2D eigenvalue weighted by atomic mass is 32.2. The van der Waals surface area contributed by atoms with E-state index in [1.165, 1.54) is 11.3 Å². The molecule has 4 fully saturated rings. The molecular weight excluding hydrogens is 493 g/mol. The average Bonchev–Trinajstić information content (AvgIpc) is 3.25. The van der Waals surface area contributed by atoms with Crippen LogP contribution in [0.5, 0.6) is 0 Å². The lowest BCUT2D eigenvalue weighted by Gasteiger charge is -2.42. The maximum Gasteiger partial charge on any atom is 0.406 e. The van der Waals surface area contributed by atoms with Gasteiger partial charge in [0, 0.05) is 38.8 Å². The van der Waals surface area contributed by atoms with Crippen molar-refractivity contribution in [3.8, 4) is 0 Å². The van der Waals surface area contributed by atoms with Gasteiger partial charge in [-0.1, -0.05) is 19.3 Å². The van der Waals surface area contributed by atoms with Crippen LogP contribution in [0.3, 0.4) is 0 Å². The lowest BCUT2D eigenvalue weighted by Crippen LogP contribution is -2.50. The highest BCUT2D eigenvalue weighted by molar-refractivity contribution is 7.89. The van der Waals surface area contributed by atoms with Gasteiger partial charge in [-0.3, -0.25) is 4.79 Å². The fraction of sp³-hybridized carbons (Fsp3) is 0.960. The van der Waals surface area contributed by atoms with E-state index in [1.807, 2.05) is 0 Å². The summed E-state index contributed by atoms with van der Waals surface area (Å²) >= 11 is 0. The Morgan fingerprint density at radius 2 is 1.56 bits per heavy atom. The van der Waals surface area contributed by atoms with Crippen molar-refractivity contribution >= 4 is 15.9 Å². The zero-order valence-electron chi connectivity index (χ0n) is 21.7. The molecule has 1 amide bonds. The van der Waals surface area contributed by atoms with E-state index in [1.54, 1.807) is 23.2 Å². The Morgan fingerprint density at radius 3 is 2.14 bits per heavy atom. The molecule has 3 heterocycles. The first-order valence-electron chi connectivity index (χ1n) is 13.9. The van der Waals surface area contributed by atoms with E-state index in [9.17, 15) is 26.4 Å². The van der Waals surface area contributed by atoms with Crippen molar-refractivity contribution in [2.75, 3.05) is 38.5 Å². The Hall–Kier alpha value is -0.910. The van der Waals surface area contributed by atoms with Gasteiger partial charge in [-0.2, -0.15) is 13.2 Å². The van der Waals surface area contributed by atoms with Crippen LogP contribution in [0.4, 0.5) is 13.2 Å². The van der Waals surface area contributed by atoms with E-state index in [2.05, 4.69) is 5.43 Å². The van der Waals surface area contributed by atoms with Crippen LogP contribution in [-0.4, -0.2) is 85.3 Å². The summed E-state index contributed by atoms with van der Waals surface area (Å²) in [5.74, 6) is -0.576. The normalized spacial score (nSPS) is 31.9. The molecule has 0 spiro atoms. The van der Waals surface area contributed by atoms with E-state index >= 15 is 0 Å². The molecule has 1 N–H and O–H groups in total. The van der Waals surface area contributed by atoms with Crippen LogP contribution in [-0.2, 0) is 14.8 Å². The van der Waals surface area contributed by atoms with E-state index in [-0.39, 0.29) is 23.5 Å². The highest BCUT2D eigenvalue weighted by Crippen LogP contribution is 2.43. The minimum Gasteiger partial charge on any atom is -0.343 e. The van der Waals surface area contributed by atoms with Crippen LogP contribution in [0.15, 0.2) is 0 Å². The predicted octanol–water partition coefficient (Wildman–Crippen LogP) is 3.62. The number of halogens is 3. The third-order valence-corrected chi connectivity index (χ3v) is 11.3. The Labute approximate surface area is 214 Å². The first kappa shape index (κ1) is 28.1. The molecule has 1 aliphatic carbocycles. The molecule has 7 nitrogen and oxygen atoms in total. The first-order valence-corrected chi connectivity index (χ1v) is 15.5. The summed E-state index contributed by atoms with van der Waals surface area (Å²) in [7, 11) is -3.27. The van der Waals surface area contributed by atoms with Crippen molar-refractivity contribution in [1.82, 2.24) is 19.6 Å². The molecule has 0 aromatic rings. The smallest absolute Gasteiger partial charge is 0.343 e. The SMILES string of the molecule is CCN(CC)C(=O)C1C2CC(C3CCN(S(=O)(=O)CC4CCCCC4)CC3)CCN2NC1C(F)(F)F. The van der Waals surface area contributed by atoms with Gasteiger partial charge in [0.1, 0.15) is 6.04 Å². The quantitative estimate of drug-likeness (QED) is 0.538. The molecule has 11 heteroatoms. The van der Waals surface area contributed by atoms with E-state index in [0.29, 0.717) is 39.1 Å². The van der Waals surface area contributed by atoms with E-state index in [0.717, 1.165) is 44.9 Å². The minimum absolute atomic E-state index is 0.204. The molecule has 0 aromatic carbocycles. The van der Waals surface area contributed by atoms with Gasteiger partial charge < -0.3 is 4.90 Å². The number of hydrazine groups is 1. The molecular formula is C25H43F3N4O3S. The van der Waals surface area contributed by atoms with Crippen molar-refractivity contribution in [3.05, 3.63) is 0 Å². The number of alkyl halides is 3.